The highest BCUT2D eigenvalue weighted by Gasteiger charge is 2.14. The van der Waals surface area contributed by atoms with Gasteiger partial charge in [-0.3, -0.25) is 20.2 Å². The van der Waals surface area contributed by atoms with Crippen LogP contribution in [0.25, 0.3) is 10.6 Å². The van der Waals surface area contributed by atoms with Crippen molar-refractivity contribution in [3.05, 3.63) is 69.2 Å². The standard InChI is InChI=1S/C15H9ClN4O3S/c16-12-4-2-1-3-11(12)14-18-19-15(24-14)17-13(21)9-5-7-10(8-6-9)20(22)23/h1-8H,(H,17,19,21). The van der Waals surface area contributed by atoms with Crippen LogP contribution < -0.4 is 5.32 Å². The molecule has 0 atom stereocenters. The van der Waals surface area contributed by atoms with Gasteiger partial charge in [-0.15, -0.1) is 10.2 Å². The Hall–Kier alpha value is -2.84. The van der Waals surface area contributed by atoms with Crippen molar-refractivity contribution in [1.82, 2.24) is 10.2 Å². The summed E-state index contributed by atoms with van der Waals surface area (Å²) in [6, 6.07) is 12.5. The van der Waals surface area contributed by atoms with Gasteiger partial charge in [0, 0.05) is 23.3 Å². The number of nitrogens with zero attached hydrogens (tertiary/aromatic N) is 3. The molecule has 0 aliphatic rings. The predicted octanol–water partition coefficient (Wildman–Crippen LogP) is 4.02. The molecule has 3 aromatic rings. The fourth-order valence-corrected chi connectivity index (χ4v) is 2.98. The Morgan fingerprint density at radius 1 is 1.12 bits per heavy atom. The number of nitrogens with one attached hydrogen (secondary N) is 1. The molecular weight excluding hydrogens is 352 g/mol. The maximum Gasteiger partial charge on any atom is 0.269 e. The van der Waals surface area contributed by atoms with Gasteiger partial charge in [0.1, 0.15) is 0 Å². The fraction of sp³-hybridized carbons (Fsp3) is 0. The molecule has 0 aliphatic heterocycles. The van der Waals surface area contributed by atoms with Crippen molar-refractivity contribution < 1.29 is 9.72 Å². The molecule has 1 amide bonds. The highest BCUT2D eigenvalue weighted by Crippen LogP contribution is 2.31. The number of rotatable bonds is 4. The summed E-state index contributed by atoms with van der Waals surface area (Å²) in [5, 5.41) is 22.6. The van der Waals surface area contributed by atoms with E-state index in [0.29, 0.717) is 15.2 Å². The third kappa shape index (κ3) is 3.39. The Labute approximate surface area is 145 Å². The summed E-state index contributed by atoms with van der Waals surface area (Å²) < 4.78 is 0. The van der Waals surface area contributed by atoms with Crippen LogP contribution in [-0.4, -0.2) is 21.0 Å². The zero-order chi connectivity index (χ0) is 17.1. The minimum Gasteiger partial charge on any atom is -0.296 e. The van der Waals surface area contributed by atoms with Crippen molar-refractivity contribution >= 4 is 39.7 Å². The molecule has 120 valence electrons. The van der Waals surface area contributed by atoms with Crippen LogP contribution in [0.1, 0.15) is 10.4 Å². The molecule has 1 N–H and O–H groups in total. The topological polar surface area (TPSA) is 98.0 Å². The molecule has 0 aliphatic carbocycles. The van der Waals surface area contributed by atoms with Crippen LogP contribution in [0.2, 0.25) is 5.02 Å². The normalized spacial score (nSPS) is 10.4. The van der Waals surface area contributed by atoms with E-state index in [1.165, 1.54) is 35.6 Å². The van der Waals surface area contributed by atoms with E-state index in [2.05, 4.69) is 15.5 Å². The molecule has 9 heteroatoms. The molecule has 2 aromatic carbocycles. The smallest absolute Gasteiger partial charge is 0.269 e. The number of aromatic nitrogens is 2. The zero-order valence-electron chi connectivity index (χ0n) is 12.0. The van der Waals surface area contributed by atoms with E-state index in [1.54, 1.807) is 6.07 Å². The molecular formula is C15H9ClN4O3S. The minimum absolute atomic E-state index is 0.0801. The van der Waals surface area contributed by atoms with Gasteiger partial charge in [-0.05, 0) is 18.2 Å². The van der Waals surface area contributed by atoms with Gasteiger partial charge < -0.3 is 0 Å². The molecule has 3 rings (SSSR count). The van der Waals surface area contributed by atoms with Gasteiger partial charge in [0.25, 0.3) is 11.6 Å². The number of nitro groups is 1. The number of non-ortho nitro benzene ring substituents is 1. The highest BCUT2D eigenvalue weighted by molar-refractivity contribution is 7.18. The lowest BCUT2D eigenvalue weighted by molar-refractivity contribution is -0.384. The Balaban J connectivity index is 1.76. The van der Waals surface area contributed by atoms with Gasteiger partial charge >= 0.3 is 0 Å². The van der Waals surface area contributed by atoms with E-state index >= 15 is 0 Å². The molecule has 1 heterocycles. The summed E-state index contributed by atoms with van der Waals surface area (Å²) in [6.07, 6.45) is 0. The van der Waals surface area contributed by atoms with Crippen LogP contribution >= 0.6 is 22.9 Å². The molecule has 0 fully saturated rings. The number of halogens is 1. The summed E-state index contributed by atoms with van der Waals surface area (Å²) in [5.74, 6) is -0.424. The third-order valence-electron chi connectivity index (χ3n) is 3.09. The van der Waals surface area contributed by atoms with Crippen molar-refractivity contribution in [2.24, 2.45) is 0 Å². The van der Waals surface area contributed by atoms with E-state index in [9.17, 15) is 14.9 Å². The summed E-state index contributed by atoms with van der Waals surface area (Å²) in [4.78, 5) is 22.2. The Morgan fingerprint density at radius 2 is 1.83 bits per heavy atom. The second kappa shape index (κ2) is 6.73. The molecule has 0 saturated carbocycles. The van der Waals surface area contributed by atoms with Crippen molar-refractivity contribution in [1.29, 1.82) is 0 Å². The minimum atomic E-state index is -0.525. The van der Waals surface area contributed by atoms with Crippen LogP contribution in [0.5, 0.6) is 0 Å². The second-order valence-corrected chi connectivity index (χ2v) is 6.04. The molecule has 0 unspecified atom stereocenters. The lowest BCUT2D eigenvalue weighted by Gasteiger charge is -2.00. The molecule has 0 bridgehead atoms. The first-order valence-corrected chi connectivity index (χ1v) is 7.88. The van der Waals surface area contributed by atoms with Crippen molar-refractivity contribution in [2.45, 2.75) is 0 Å². The van der Waals surface area contributed by atoms with Crippen molar-refractivity contribution in [3.8, 4) is 10.6 Å². The fourth-order valence-electron chi connectivity index (χ4n) is 1.92. The number of carbonyl (C=O) groups excluding carboxylic acids is 1. The second-order valence-electron chi connectivity index (χ2n) is 4.65. The van der Waals surface area contributed by atoms with Crippen molar-refractivity contribution in [3.63, 3.8) is 0 Å². The lowest BCUT2D eigenvalue weighted by Crippen LogP contribution is -2.11. The Morgan fingerprint density at radius 3 is 2.50 bits per heavy atom. The molecule has 1 aromatic heterocycles. The largest absolute Gasteiger partial charge is 0.296 e. The zero-order valence-corrected chi connectivity index (χ0v) is 13.5. The van der Waals surface area contributed by atoms with Crippen LogP contribution in [0.3, 0.4) is 0 Å². The monoisotopic (exact) mass is 360 g/mol. The summed E-state index contributed by atoms with van der Waals surface area (Å²) in [5.41, 5.74) is 0.936. The van der Waals surface area contributed by atoms with Gasteiger partial charge in [-0.1, -0.05) is 41.1 Å². The lowest BCUT2D eigenvalue weighted by atomic mass is 10.2. The number of benzene rings is 2. The molecule has 0 saturated heterocycles. The highest BCUT2D eigenvalue weighted by atomic mass is 35.5. The van der Waals surface area contributed by atoms with E-state index in [1.807, 2.05) is 18.2 Å². The number of hydrogen-bond donors (Lipinski definition) is 1. The number of amides is 1. The van der Waals surface area contributed by atoms with Gasteiger partial charge in [0.2, 0.25) is 5.13 Å². The van der Waals surface area contributed by atoms with E-state index in [-0.39, 0.29) is 11.3 Å². The number of hydrogen-bond acceptors (Lipinski definition) is 6. The van der Waals surface area contributed by atoms with E-state index < -0.39 is 10.8 Å². The van der Waals surface area contributed by atoms with Crippen LogP contribution in [0.15, 0.2) is 48.5 Å². The first-order valence-electron chi connectivity index (χ1n) is 6.69. The van der Waals surface area contributed by atoms with Gasteiger partial charge in [0.05, 0.1) is 9.95 Å². The summed E-state index contributed by atoms with van der Waals surface area (Å²) in [7, 11) is 0. The first-order chi connectivity index (χ1) is 11.5. The SMILES string of the molecule is O=C(Nc1nnc(-c2ccccc2Cl)s1)c1ccc([N+](=O)[O-])cc1. The summed E-state index contributed by atoms with van der Waals surface area (Å²) in [6.45, 7) is 0. The third-order valence-corrected chi connectivity index (χ3v) is 4.29. The number of anilines is 1. The molecule has 7 nitrogen and oxygen atoms in total. The Kier molecular flexibility index (Phi) is 4.50. The molecule has 0 spiro atoms. The molecule has 0 radical (unpaired) electrons. The van der Waals surface area contributed by atoms with E-state index in [4.69, 9.17) is 11.6 Å². The van der Waals surface area contributed by atoms with E-state index in [0.717, 1.165) is 5.56 Å². The number of carbonyl (C=O) groups is 1. The quantitative estimate of drug-likeness (QED) is 0.559. The average Bonchev–Trinajstić information content (AvgIpc) is 3.03. The molecule has 24 heavy (non-hydrogen) atoms. The maximum absolute atomic E-state index is 12.1. The first kappa shape index (κ1) is 16.0. The van der Waals surface area contributed by atoms with Gasteiger partial charge in [-0.25, -0.2) is 0 Å². The maximum atomic E-state index is 12.1. The van der Waals surface area contributed by atoms with Crippen LogP contribution in [-0.2, 0) is 0 Å². The van der Waals surface area contributed by atoms with Crippen molar-refractivity contribution in [2.75, 3.05) is 5.32 Å². The Bertz CT molecular complexity index is 911. The van der Waals surface area contributed by atoms with Gasteiger partial charge in [0.15, 0.2) is 5.01 Å². The van der Waals surface area contributed by atoms with Gasteiger partial charge in [-0.2, -0.15) is 0 Å². The number of nitro benzene ring substituents is 1. The van der Waals surface area contributed by atoms with Crippen LogP contribution in [0, 0.1) is 10.1 Å². The average molecular weight is 361 g/mol. The van der Waals surface area contributed by atoms with Crippen LogP contribution in [0.4, 0.5) is 10.8 Å². The predicted molar refractivity (Wildman–Crippen MR) is 91.4 cm³/mol. The summed E-state index contributed by atoms with van der Waals surface area (Å²) >= 11 is 7.29.